The number of fused-ring (bicyclic) bond motifs is 1. The number of H-pyrrole nitrogens is 1. The summed E-state index contributed by atoms with van der Waals surface area (Å²) in [6, 6.07) is 4.96. The van der Waals surface area contributed by atoms with Gasteiger partial charge in [-0.25, -0.2) is 27.5 Å². The Labute approximate surface area is 176 Å². The van der Waals surface area contributed by atoms with E-state index < -0.39 is 18.4 Å². The molecule has 0 spiro atoms. The third-order valence-electron chi connectivity index (χ3n) is 5.19. The molecule has 4 rings (SSSR count). The van der Waals surface area contributed by atoms with Crippen LogP contribution in [0.4, 0.5) is 23.4 Å². The molecule has 0 radical (unpaired) electrons. The van der Waals surface area contributed by atoms with E-state index in [0.29, 0.717) is 36.4 Å². The molecule has 3 heterocycles. The molecule has 0 aliphatic carbocycles. The number of anilines is 1. The molecule has 0 unspecified atom stereocenters. The number of nitrogens with zero attached hydrogens (tertiary/aromatic N) is 4. The maximum Gasteiger partial charge on any atom is 0.280 e. The number of alkyl halides is 4. The van der Waals surface area contributed by atoms with Crippen molar-refractivity contribution >= 4 is 29.3 Å². The zero-order valence-electron chi connectivity index (χ0n) is 15.9. The molecule has 30 heavy (non-hydrogen) atoms. The van der Waals surface area contributed by atoms with Gasteiger partial charge in [0.05, 0.1) is 24.2 Å². The fourth-order valence-electron chi connectivity index (χ4n) is 3.54. The van der Waals surface area contributed by atoms with Crippen LogP contribution in [0.3, 0.4) is 0 Å². The van der Waals surface area contributed by atoms with E-state index in [2.05, 4.69) is 25.5 Å². The van der Waals surface area contributed by atoms with Crippen LogP contribution in [-0.4, -0.2) is 56.7 Å². The normalized spacial score (nSPS) is 19.0. The van der Waals surface area contributed by atoms with Gasteiger partial charge in [-0.15, -0.1) is 12.4 Å². The van der Waals surface area contributed by atoms with Crippen molar-refractivity contribution in [2.75, 3.05) is 25.0 Å². The van der Waals surface area contributed by atoms with E-state index in [4.69, 9.17) is 0 Å². The minimum atomic E-state index is -2.95. The fourth-order valence-corrected chi connectivity index (χ4v) is 3.54. The van der Waals surface area contributed by atoms with E-state index >= 15 is 0 Å². The highest BCUT2D eigenvalue weighted by molar-refractivity contribution is 5.86. The lowest BCUT2D eigenvalue weighted by atomic mass is 9.99. The number of rotatable bonds is 6. The average molecular weight is 445 g/mol. The summed E-state index contributed by atoms with van der Waals surface area (Å²) in [6.45, 7) is 0.567. The van der Waals surface area contributed by atoms with Gasteiger partial charge in [0.15, 0.2) is 5.65 Å². The SMILES string of the molecule is Cl.FC(F)c1ccc(CCN2CC[C@H](Nc3ncnc4[nH]ncc34)C(F)(F)C2)cc1. The Morgan fingerprint density at radius 3 is 2.67 bits per heavy atom. The first-order valence-corrected chi connectivity index (χ1v) is 9.30. The first kappa shape index (κ1) is 22.2. The van der Waals surface area contributed by atoms with E-state index in [-0.39, 0.29) is 30.9 Å². The van der Waals surface area contributed by atoms with Gasteiger partial charge < -0.3 is 5.32 Å². The number of benzene rings is 1. The van der Waals surface area contributed by atoms with Crippen LogP contribution in [0.2, 0.25) is 0 Å². The molecule has 162 valence electrons. The average Bonchev–Trinajstić information content (AvgIpc) is 3.18. The number of hydrogen-bond acceptors (Lipinski definition) is 5. The molecule has 3 aromatic rings. The highest BCUT2D eigenvalue weighted by atomic mass is 35.5. The highest BCUT2D eigenvalue weighted by Gasteiger charge is 2.44. The number of aromatic amines is 1. The molecular weight excluding hydrogens is 424 g/mol. The van der Waals surface area contributed by atoms with Gasteiger partial charge in [-0.05, 0) is 18.4 Å². The van der Waals surface area contributed by atoms with E-state index in [9.17, 15) is 17.6 Å². The second kappa shape index (κ2) is 9.13. The Kier molecular flexibility index (Phi) is 6.77. The van der Waals surface area contributed by atoms with Crippen molar-refractivity contribution < 1.29 is 17.6 Å². The smallest absolute Gasteiger partial charge is 0.280 e. The lowest BCUT2D eigenvalue weighted by Crippen LogP contribution is -2.54. The van der Waals surface area contributed by atoms with Gasteiger partial charge in [-0.1, -0.05) is 24.3 Å². The Bertz CT molecular complexity index is 965. The van der Waals surface area contributed by atoms with Crippen LogP contribution in [0, 0.1) is 0 Å². The van der Waals surface area contributed by atoms with Gasteiger partial charge >= 0.3 is 0 Å². The van der Waals surface area contributed by atoms with Crippen molar-refractivity contribution in [2.24, 2.45) is 0 Å². The lowest BCUT2D eigenvalue weighted by Gasteiger charge is -2.38. The minimum absolute atomic E-state index is 0. The summed E-state index contributed by atoms with van der Waals surface area (Å²) in [5.41, 5.74) is 1.30. The highest BCUT2D eigenvalue weighted by Crippen LogP contribution is 2.31. The molecule has 0 amide bonds. The monoisotopic (exact) mass is 444 g/mol. The van der Waals surface area contributed by atoms with Crippen LogP contribution in [0.5, 0.6) is 0 Å². The van der Waals surface area contributed by atoms with Crippen molar-refractivity contribution in [1.29, 1.82) is 0 Å². The van der Waals surface area contributed by atoms with Crippen molar-refractivity contribution in [3.63, 3.8) is 0 Å². The van der Waals surface area contributed by atoms with Gasteiger partial charge in [0.25, 0.3) is 12.3 Å². The second-order valence-corrected chi connectivity index (χ2v) is 7.17. The van der Waals surface area contributed by atoms with E-state index in [1.165, 1.54) is 24.7 Å². The summed E-state index contributed by atoms with van der Waals surface area (Å²) in [4.78, 5) is 9.78. The predicted octanol–water partition coefficient (Wildman–Crippen LogP) is 4.08. The van der Waals surface area contributed by atoms with E-state index in [0.717, 1.165) is 5.56 Å². The van der Waals surface area contributed by atoms with Crippen LogP contribution in [0.15, 0.2) is 36.8 Å². The third-order valence-corrected chi connectivity index (χ3v) is 5.19. The molecule has 11 heteroatoms. The summed E-state index contributed by atoms with van der Waals surface area (Å²) >= 11 is 0. The zero-order chi connectivity index (χ0) is 20.4. The molecular formula is C19H21ClF4N6. The van der Waals surface area contributed by atoms with Crippen molar-refractivity contribution in [3.8, 4) is 0 Å². The number of hydrogen-bond donors (Lipinski definition) is 2. The lowest BCUT2D eigenvalue weighted by molar-refractivity contribution is -0.0734. The first-order valence-electron chi connectivity index (χ1n) is 9.30. The van der Waals surface area contributed by atoms with Crippen LogP contribution in [0.1, 0.15) is 24.0 Å². The largest absolute Gasteiger partial charge is 0.360 e. The van der Waals surface area contributed by atoms with E-state index in [1.54, 1.807) is 17.0 Å². The summed E-state index contributed by atoms with van der Waals surface area (Å²) in [5, 5.41) is 9.98. The maximum absolute atomic E-state index is 14.7. The first-order chi connectivity index (χ1) is 13.9. The molecule has 2 aromatic heterocycles. The van der Waals surface area contributed by atoms with Crippen molar-refractivity contribution in [1.82, 2.24) is 25.1 Å². The zero-order valence-corrected chi connectivity index (χ0v) is 16.7. The van der Waals surface area contributed by atoms with Crippen LogP contribution in [0.25, 0.3) is 11.0 Å². The molecule has 1 saturated heterocycles. The van der Waals surface area contributed by atoms with Crippen LogP contribution < -0.4 is 5.32 Å². The molecule has 6 nitrogen and oxygen atoms in total. The van der Waals surface area contributed by atoms with Gasteiger partial charge in [-0.2, -0.15) is 5.10 Å². The summed E-state index contributed by atoms with van der Waals surface area (Å²) < 4.78 is 54.7. The molecule has 1 aromatic carbocycles. The van der Waals surface area contributed by atoms with E-state index in [1.807, 2.05) is 0 Å². The summed E-state index contributed by atoms with van der Waals surface area (Å²) in [5.74, 6) is -2.61. The van der Waals surface area contributed by atoms with Crippen LogP contribution >= 0.6 is 12.4 Å². The number of piperidine rings is 1. The Hall–Kier alpha value is -2.46. The molecule has 2 N–H and O–H groups in total. The van der Waals surface area contributed by atoms with Crippen molar-refractivity contribution in [2.45, 2.75) is 31.2 Å². The number of likely N-dealkylation sites (tertiary alicyclic amines) is 1. The Morgan fingerprint density at radius 1 is 1.20 bits per heavy atom. The summed E-state index contributed by atoms with van der Waals surface area (Å²) in [7, 11) is 0. The molecule has 0 saturated carbocycles. The van der Waals surface area contributed by atoms with Gasteiger partial charge in [0.1, 0.15) is 12.1 Å². The number of nitrogens with one attached hydrogen (secondary N) is 2. The quantitative estimate of drug-likeness (QED) is 0.561. The number of aromatic nitrogens is 4. The topological polar surface area (TPSA) is 69.7 Å². The summed E-state index contributed by atoms with van der Waals surface area (Å²) in [6.07, 6.45) is 1.08. The molecule has 0 bridgehead atoms. The Balaban J connectivity index is 0.00000256. The molecule has 1 fully saturated rings. The van der Waals surface area contributed by atoms with Gasteiger partial charge in [0.2, 0.25) is 0 Å². The van der Waals surface area contributed by atoms with Gasteiger partial charge in [-0.3, -0.25) is 10.00 Å². The van der Waals surface area contributed by atoms with Crippen LogP contribution in [-0.2, 0) is 6.42 Å². The fraction of sp³-hybridized carbons (Fsp3) is 0.421. The molecule has 1 atom stereocenters. The number of halogens is 5. The van der Waals surface area contributed by atoms with Crippen molar-refractivity contribution in [3.05, 3.63) is 47.9 Å². The Morgan fingerprint density at radius 2 is 1.97 bits per heavy atom. The second-order valence-electron chi connectivity index (χ2n) is 7.17. The van der Waals surface area contributed by atoms with Gasteiger partial charge in [0, 0.05) is 18.7 Å². The molecule has 1 aliphatic rings. The standard InChI is InChI=1S/C19H20F4N6.ClH/c20-16(21)13-3-1-12(2-4-13)5-7-29-8-6-15(19(22,23)10-29)27-17-14-9-26-28-18(14)25-11-24-17;/h1-4,9,11,15-16H,5-8,10H2,(H2,24,25,26,27,28);1H/t15-;/m0./s1. The maximum atomic E-state index is 14.7. The predicted molar refractivity (Wildman–Crippen MR) is 107 cm³/mol. The minimum Gasteiger partial charge on any atom is -0.360 e. The molecule has 1 aliphatic heterocycles. The third kappa shape index (κ3) is 4.81.